The summed E-state index contributed by atoms with van der Waals surface area (Å²) in [5, 5.41) is 3.45. The minimum Gasteiger partial charge on any atom is -0.369 e. The van der Waals surface area contributed by atoms with E-state index in [1.54, 1.807) is 6.92 Å². The van der Waals surface area contributed by atoms with Crippen LogP contribution in [-0.2, 0) is 0 Å². The highest BCUT2D eigenvalue weighted by atomic mass is 35.5. The highest BCUT2D eigenvalue weighted by molar-refractivity contribution is 6.32. The fraction of sp³-hybridized carbons (Fsp3) is 0.643. The van der Waals surface area contributed by atoms with E-state index in [0.29, 0.717) is 23.5 Å². The number of anilines is 1. The van der Waals surface area contributed by atoms with Gasteiger partial charge in [0.25, 0.3) is 0 Å². The van der Waals surface area contributed by atoms with Crippen LogP contribution in [-0.4, -0.2) is 22.8 Å². The first-order valence-corrected chi connectivity index (χ1v) is 7.31. The molecule has 0 amide bonds. The van der Waals surface area contributed by atoms with Gasteiger partial charge in [0.2, 0.25) is 0 Å². The lowest BCUT2D eigenvalue weighted by molar-refractivity contribution is 0.112. The van der Waals surface area contributed by atoms with E-state index in [2.05, 4.69) is 15.3 Å². The van der Waals surface area contributed by atoms with Crippen molar-refractivity contribution in [2.45, 2.75) is 45.4 Å². The molecule has 1 aliphatic carbocycles. The van der Waals surface area contributed by atoms with Gasteiger partial charge < -0.3 is 5.32 Å². The van der Waals surface area contributed by atoms with Gasteiger partial charge in [-0.3, -0.25) is 4.79 Å². The summed E-state index contributed by atoms with van der Waals surface area (Å²) in [6.07, 6.45) is 8.56. The number of aromatic nitrogens is 2. The van der Waals surface area contributed by atoms with Crippen molar-refractivity contribution in [1.82, 2.24) is 9.97 Å². The fourth-order valence-electron chi connectivity index (χ4n) is 2.66. The number of rotatable bonds is 5. The van der Waals surface area contributed by atoms with Crippen LogP contribution in [0.4, 0.5) is 5.82 Å². The second-order valence-electron chi connectivity index (χ2n) is 5.16. The Bertz CT molecular complexity index is 445. The number of nitrogens with zero attached hydrogens (tertiary/aromatic N) is 2. The van der Waals surface area contributed by atoms with E-state index in [0.717, 1.165) is 18.9 Å². The molecule has 0 atom stereocenters. The Morgan fingerprint density at radius 2 is 2.05 bits per heavy atom. The highest BCUT2D eigenvalue weighted by Gasteiger charge is 2.14. The molecule has 1 aromatic heterocycles. The van der Waals surface area contributed by atoms with E-state index in [1.807, 2.05) is 0 Å². The Kier molecular flexibility index (Phi) is 5.14. The van der Waals surface area contributed by atoms with Crippen LogP contribution in [0, 0.1) is 12.8 Å². The van der Waals surface area contributed by atoms with Crippen LogP contribution in [0.15, 0.2) is 0 Å². The van der Waals surface area contributed by atoms with Crippen molar-refractivity contribution in [3.63, 3.8) is 0 Å². The summed E-state index contributed by atoms with van der Waals surface area (Å²) in [4.78, 5) is 19.3. The molecule has 1 heterocycles. The zero-order valence-corrected chi connectivity index (χ0v) is 12.0. The van der Waals surface area contributed by atoms with Gasteiger partial charge in [-0.25, -0.2) is 9.97 Å². The van der Waals surface area contributed by atoms with Crippen LogP contribution in [0.25, 0.3) is 0 Å². The Balaban J connectivity index is 1.93. The fourth-order valence-corrected chi connectivity index (χ4v) is 2.91. The van der Waals surface area contributed by atoms with E-state index in [9.17, 15) is 4.79 Å². The number of nitrogens with one attached hydrogen (secondary N) is 1. The van der Waals surface area contributed by atoms with Crippen molar-refractivity contribution < 1.29 is 4.79 Å². The van der Waals surface area contributed by atoms with E-state index in [-0.39, 0.29) is 5.15 Å². The van der Waals surface area contributed by atoms with Gasteiger partial charge in [-0.2, -0.15) is 0 Å². The summed E-state index contributed by atoms with van der Waals surface area (Å²) >= 11 is 5.94. The van der Waals surface area contributed by atoms with Gasteiger partial charge in [0.05, 0.1) is 5.56 Å². The molecule has 4 nitrogen and oxygen atoms in total. The molecule has 1 fully saturated rings. The van der Waals surface area contributed by atoms with Crippen LogP contribution < -0.4 is 5.32 Å². The topological polar surface area (TPSA) is 54.9 Å². The third kappa shape index (κ3) is 3.90. The number of hydrogen-bond donors (Lipinski definition) is 1. The van der Waals surface area contributed by atoms with Gasteiger partial charge in [0.1, 0.15) is 16.8 Å². The second-order valence-corrected chi connectivity index (χ2v) is 5.52. The summed E-state index contributed by atoms with van der Waals surface area (Å²) in [5.74, 6) is 1.94. The molecule has 0 aliphatic heterocycles. The molecular weight excluding hydrogens is 262 g/mol. The van der Waals surface area contributed by atoms with Crippen LogP contribution in [0.5, 0.6) is 0 Å². The lowest BCUT2D eigenvalue weighted by atomic mass is 9.87. The molecule has 19 heavy (non-hydrogen) atoms. The molecule has 0 unspecified atom stereocenters. The molecule has 2 rings (SSSR count). The number of aldehydes is 1. The number of carbonyl (C=O) groups excluding carboxylic acids is 1. The predicted octanol–water partition coefficient (Wildman–Crippen LogP) is 3.63. The third-order valence-corrected chi connectivity index (χ3v) is 3.99. The van der Waals surface area contributed by atoms with Crippen molar-refractivity contribution in [2.24, 2.45) is 5.92 Å². The SMILES string of the molecule is Cc1nc(Cl)c(C=O)c(NCCC2CCCCC2)n1. The summed E-state index contributed by atoms with van der Waals surface area (Å²) in [7, 11) is 0. The standard InChI is InChI=1S/C14H20ClN3O/c1-10-17-13(15)12(9-19)14(18-10)16-8-7-11-5-3-2-4-6-11/h9,11H,2-8H2,1H3,(H,16,17,18). The number of hydrogen-bond acceptors (Lipinski definition) is 4. The van der Waals surface area contributed by atoms with E-state index in [4.69, 9.17) is 11.6 Å². The summed E-state index contributed by atoms with van der Waals surface area (Å²) in [6, 6.07) is 0. The molecule has 1 saturated carbocycles. The zero-order valence-electron chi connectivity index (χ0n) is 11.3. The molecule has 0 aromatic carbocycles. The summed E-state index contributed by atoms with van der Waals surface area (Å²) in [6.45, 7) is 2.60. The Hall–Kier alpha value is -1.16. The highest BCUT2D eigenvalue weighted by Crippen LogP contribution is 2.26. The van der Waals surface area contributed by atoms with E-state index < -0.39 is 0 Å². The summed E-state index contributed by atoms with van der Waals surface area (Å²) < 4.78 is 0. The van der Waals surface area contributed by atoms with Crippen molar-refractivity contribution in [3.8, 4) is 0 Å². The van der Waals surface area contributed by atoms with Crippen LogP contribution in [0.2, 0.25) is 5.15 Å². The lowest BCUT2D eigenvalue weighted by Crippen LogP contribution is -2.14. The molecule has 1 aromatic rings. The zero-order chi connectivity index (χ0) is 13.7. The first kappa shape index (κ1) is 14.3. The van der Waals surface area contributed by atoms with Gasteiger partial charge in [0, 0.05) is 6.54 Å². The average molecular weight is 282 g/mol. The average Bonchev–Trinajstić information content (AvgIpc) is 2.39. The van der Waals surface area contributed by atoms with Gasteiger partial charge in [0.15, 0.2) is 6.29 Å². The molecule has 104 valence electrons. The van der Waals surface area contributed by atoms with Gasteiger partial charge in [-0.05, 0) is 19.3 Å². The Morgan fingerprint density at radius 1 is 1.32 bits per heavy atom. The minimum absolute atomic E-state index is 0.225. The molecule has 0 bridgehead atoms. The molecule has 1 N–H and O–H groups in total. The molecular formula is C14H20ClN3O. The third-order valence-electron chi connectivity index (χ3n) is 3.70. The lowest BCUT2D eigenvalue weighted by Gasteiger charge is -2.21. The molecule has 1 aliphatic rings. The van der Waals surface area contributed by atoms with E-state index in [1.165, 1.54) is 32.1 Å². The van der Waals surface area contributed by atoms with Crippen LogP contribution >= 0.6 is 11.6 Å². The van der Waals surface area contributed by atoms with Gasteiger partial charge in [-0.15, -0.1) is 0 Å². The first-order valence-electron chi connectivity index (χ1n) is 6.94. The largest absolute Gasteiger partial charge is 0.369 e. The second kappa shape index (κ2) is 6.85. The molecule has 0 spiro atoms. The van der Waals surface area contributed by atoms with Crippen molar-refractivity contribution in [2.75, 3.05) is 11.9 Å². The maximum Gasteiger partial charge on any atom is 0.156 e. The van der Waals surface area contributed by atoms with Gasteiger partial charge >= 0.3 is 0 Å². The normalized spacial score (nSPS) is 16.3. The molecule has 0 saturated heterocycles. The van der Waals surface area contributed by atoms with Crippen molar-refractivity contribution in [3.05, 3.63) is 16.5 Å². The van der Waals surface area contributed by atoms with Crippen LogP contribution in [0.1, 0.15) is 54.7 Å². The number of aryl methyl sites for hydroxylation is 1. The maximum absolute atomic E-state index is 11.0. The number of carbonyl (C=O) groups is 1. The Labute approximate surface area is 119 Å². The van der Waals surface area contributed by atoms with Crippen molar-refractivity contribution >= 4 is 23.7 Å². The quantitative estimate of drug-likeness (QED) is 0.661. The first-order chi connectivity index (χ1) is 9.20. The molecule has 0 radical (unpaired) electrons. The Morgan fingerprint density at radius 3 is 2.74 bits per heavy atom. The maximum atomic E-state index is 11.0. The van der Waals surface area contributed by atoms with Gasteiger partial charge in [-0.1, -0.05) is 43.7 Å². The van der Waals surface area contributed by atoms with Crippen LogP contribution in [0.3, 0.4) is 0 Å². The van der Waals surface area contributed by atoms with Crippen molar-refractivity contribution in [1.29, 1.82) is 0 Å². The minimum atomic E-state index is 0.225. The van der Waals surface area contributed by atoms with E-state index >= 15 is 0 Å². The smallest absolute Gasteiger partial charge is 0.156 e. The predicted molar refractivity (Wildman–Crippen MR) is 76.8 cm³/mol. The monoisotopic (exact) mass is 281 g/mol. The summed E-state index contributed by atoms with van der Waals surface area (Å²) in [5.41, 5.74) is 0.357. The molecule has 5 heteroatoms. The number of halogens is 1.